The van der Waals surface area contributed by atoms with E-state index in [2.05, 4.69) is 15.5 Å². The number of rotatable bonds is 4. The van der Waals surface area contributed by atoms with Crippen LogP contribution in [-0.2, 0) is 5.60 Å². The fraction of sp³-hybridized carbons (Fsp3) is 0.286. The van der Waals surface area contributed by atoms with Gasteiger partial charge < -0.3 is 16.2 Å². The number of carbonyl (C=O) groups is 2. The lowest BCUT2D eigenvalue weighted by Crippen LogP contribution is -2.33. The molecule has 2 aliphatic carbocycles. The normalized spacial score (nSPS) is 27.6. The predicted molar refractivity (Wildman–Crippen MR) is 107 cm³/mol. The minimum absolute atomic E-state index is 0.0130. The summed E-state index contributed by atoms with van der Waals surface area (Å²) in [4.78, 5) is 23.9. The van der Waals surface area contributed by atoms with E-state index in [-0.39, 0.29) is 23.8 Å². The summed E-state index contributed by atoms with van der Waals surface area (Å²) < 4.78 is 0. The number of amides is 2. The van der Waals surface area contributed by atoms with E-state index in [1.165, 1.54) is 6.07 Å². The van der Waals surface area contributed by atoms with Crippen molar-refractivity contribution in [2.24, 2.45) is 17.6 Å². The Bertz CT molecular complexity index is 1150. The number of H-pyrrole nitrogens is 1. The topological polar surface area (TPSA) is 121 Å². The average molecular weight is 411 g/mol. The molecule has 1 aromatic heterocycles. The Morgan fingerprint density at radius 2 is 1.93 bits per heavy atom. The molecule has 0 saturated heterocycles. The Morgan fingerprint density at radius 1 is 1.21 bits per heavy atom. The molecule has 0 aliphatic heterocycles. The van der Waals surface area contributed by atoms with E-state index in [0.29, 0.717) is 29.0 Å². The van der Waals surface area contributed by atoms with Gasteiger partial charge in [0.1, 0.15) is 0 Å². The maximum absolute atomic E-state index is 12.6. The number of nitrogens with zero attached hydrogens (tertiary/aromatic N) is 1. The van der Waals surface area contributed by atoms with E-state index in [9.17, 15) is 14.7 Å². The number of hydrogen-bond acceptors (Lipinski definition) is 4. The molecule has 1 heterocycles. The van der Waals surface area contributed by atoms with Gasteiger partial charge in [0.05, 0.1) is 17.3 Å². The van der Waals surface area contributed by atoms with Gasteiger partial charge >= 0.3 is 0 Å². The number of hydrogen-bond donors (Lipinski definition) is 4. The number of aliphatic hydroxyl groups is 1. The zero-order valence-electron chi connectivity index (χ0n) is 15.4. The second-order valence-electron chi connectivity index (χ2n) is 8.00. The summed E-state index contributed by atoms with van der Waals surface area (Å²) in [7, 11) is 0. The number of aromatic amines is 1. The molecule has 8 heteroatoms. The quantitative estimate of drug-likeness (QED) is 0.527. The van der Waals surface area contributed by atoms with Gasteiger partial charge in [0.25, 0.3) is 5.91 Å². The van der Waals surface area contributed by atoms with Gasteiger partial charge in [-0.3, -0.25) is 14.7 Å². The molecule has 2 aliphatic rings. The molecule has 7 nitrogen and oxygen atoms in total. The zero-order valence-corrected chi connectivity index (χ0v) is 16.1. The van der Waals surface area contributed by atoms with Crippen molar-refractivity contribution in [3.63, 3.8) is 0 Å². The first-order chi connectivity index (χ1) is 13.9. The van der Waals surface area contributed by atoms with Crippen LogP contribution in [0.15, 0.2) is 42.6 Å². The third-order valence-corrected chi connectivity index (χ3v) is 6.43. The largest absolute Gasteiger partial charge is 0.385 e. The standard InChI is InChI=1S/C21H19ClN4O3/c22-12-5-16(15-9-24-26-17(15)6-12)21(29)7-13-14(8-21)18(13)25-20(28)11-3-1-2-10(4-11)19(23)27/h1-6,9,13-14,18,29H,7-8H2,(H2,23,27)(H,24,26)(H,25,28)/t13-,14+,18+,21+. The molecular weight excluding hydrogens is 392 g/mol. The van der Waals surface area contributed by atoms with Crippen LogP contribution in [0.3, 0.4) is 0 Å². The second kappa shape index (κ2) is 6.30. The number of primary amides is 1. The van der Waals surface area contributed by atoms with Crippen molar-refractivity contribution in [1.29, 1.82) is 0 Å². The van der Waals surface area contributed by atoms with Crippen LogP contribution in [0.25, 0.3) is 10.9 Å². The summed E-state index contributed by atoms with van der Waals surface area (Å²) in [6.07, 6.45) is 2.79. The fourth-order valence-corrected chi connectivity index (χ4v) is 4.97. The molecule has 0 unspecified atom stereocenters. The SMILES string of the molecule is NC(=O)c1cccc(C(=O)N[C@H]2[C@@H]3C[C@@](O)(c4cc(Cl)cc5[nH]ncc45)C[C@@H]32)c1. The van der Waals surface area contributed by atoms with Crippen molar-refractivity contribution in [1.82, 2.24) is 15.5 Å². The van der Waals surface area contributed by atoms with E-state index in [0.717, 1.165) is 16.5 Å². The predicted octanol–water partition coefficient (Wildman–Crippen LogP) is 2.34. The first-order valence-corrected chi connectivity index (χ1v) is 9.80. The van der Waals surface area contributed by atoms with E-state index in [1.807, 2.05) is 0 Å². The lowest BCUT2D eigenvalue weighted by atomic mass is 9.86. The number of halogens is 1. The van der Waals surface area contributed by atoms with E-state index < -0.39 is 11.5 Å². The number of aromatic nitrogens is 2. The average Bonchev–Trinajstić information content (AvgIpc) is 3.05. The van der Waals surface area contributed by atoms with Crippen molar-refractivity contribution in [3.05, 3.63) is 64.3 Å². The lowest BCUT2D eigenvalue weighted by Gasteiger charge is -2.27. The third-order valence-electron chi connectivity index (χ3n) is 6.21. The monoisotopic (exact) mass is 410 g/mol. The number of nitrogens with one attached hydrogen (secondary N) is 2. The van der Waals surface area contributed by atoms with Crippen LogP contribution in [0.5, 0.6) is 0 Å². The molecule has 4 atom stereocenters. The Balaban J connectivity index is 1.31. The number of fused-ring (bicyclic) bond motifs is 2. The van der Waals surface area contributed by atoms with Crippen LogP contribution in [0.4, 0.5) is 0 Å². The van der Waals surface area contributed by atoms with Gasteiger partial charge in [0.15, 0.2) is 0 Å². The van der Waals surface area contributed by atoms with Crippen molar-refractivity contribution in [2.45, 2.75) is 24.5 Å². The maximum atomic E-state index is 12.6. The molecule has 0 bridgehead atoms. The number of carbonyl (C=O) groups excluding carboxylic acids is 2. The third kappa shape index (κ3) is 2.97. The molecule has 2 amide bonds. The van der Waals surface area contributed by atoms with Crippen LogP contribution >= 0.6 is 11.6 Å². The van der Waals surface area contributed by atoms with Gasteiger partial charge in [-0.25, -0.2) is 0 Å². The molecule has 5 rings (SSSR count). The van der Waals surface area contributed by atoms with Crippen molar-refractivity contribution >= 4 is 34.3 Å². The fourth-order valence-electron chi connectivity index (χ4n) is 4.75. The summed E-state index contributed by atoms with van der Waals surface area (Å²) in [5, 5.41) is 22.7. The Kier molecular flexibility index (Phi) is 3.94. The summed E-state index contributed by atoms with van der Waals surface area (Å²) in [6.45, 7) is 0. The molecule has 148 valence electrons. The highest BCUT2D eigenvalue weighted by Crippen LogP contribution is 2.60. The molecule has 29 heavy (non-hydrogen) atoms. The summed E-state index contributed by atoms with van der Waals surface area (Å²) >= 11 is 6.22. The summed E-state index contributed by atoms with van der Waals surface area (Å²) in [6, 6.07) is 9.96. The zero-order chi connectivity index (χ0) is 20.3. The Morgan fingerprint density at radius 3 is 2.66 bits per heavy atom. The second-order valence-corrected chi connectivity index (χ2v) is 8.43. The smallest absolute Gasteiger partial charge is 0.251 e. The number of benzene rings is 2. The highest BCUT2D eigenvalue weighted by atomic mass is 35.5. The first kappa shape index (κ1) is 18.1. The highest BCUT2D eigenvalue weighted by Gasteiger charge is 2.62. The van der Waals surface area contributed by atoms with Gasteiger partial charge in [0, 0.05) is 27.6 Å². The minimum Gasteiger partial charge on any atom is -0.385 e. The summed E-state index contributed by atoms with van der Waals surface area (Å²) in [5.74, 6) is -0.412. The number of nitrogens with two attached hydrogens (primary N) is 1. The van der Waals surface area contributed by atoms with Gasteiger partial charge in [0.2, 0.25) is 5.91 Å². The van der Waals surface area contributed by atoms with Crippen molar-refractivity contribution in [2.75, 3.05) is 0 Å². The molecule has 0 radical (unpaired) electrons. The molecule has 2 saturated carbocycles. The van der Waals surface area contributed by atoms with Crippen molar-refractivity contribution < 1.29 is 14.7 Å². The van der Waals surface area contributed by atoms with Crippen LogP contribution in [0.1, 0.15) is 39.1 Å². The molecular formula is C21H19ClN4O3. The van der Waals surface area contributed by atoms with Gasteiger partial charge in [-0.15, -0.1) is 0 Å². The van der Waals surface area contributed by atoms with Gasteiger partial charge in [-0.05, 0) is 60.6 Å². The highest BCUT2D eigenvalue weighted by molar-refractivity contribution is 6.31. The van der Waals surface area contributed by atoms with Crippen LogP contribution < -0.4 is 11.1 Å². The minimum atomic E-state index is -0.991. The first-order valence-electron chi connectivity index (χ1n) is 9.42. The van der Waals surface area contributed by atoms with Crippen LogP contribution in [0.2, 0.25) is 5.02 Å². The maximum Gasteiger partial charge on any atom is 0.251 e. The van der Waals surface area contributed by atoms with E-state index in [1.54, 1.807) is 36.5 Å². The Labute approximate surface area is 171 Å². The van der Waals surface area contributed by atoms with E-state index >= 15 is 0 Å². The molecule has 3 aromatic rings. The summed E-state index contributed by atoms with van der Waals surface area (Å²) in [5.41, 5.74) is 6.56. The molecule has 2 fully saturated rings. The van der Waals surface area contributed by atoms with Crippen LogP contribution in [-0.4, -0.2) is 33.2 Å². The molecule has 0 spiro atoms. The van der Waals surface area contributed by atoms with Gasteiger partial charge in [-0.1, -0.05) is 17.7 Å². The molecule has 5 N–H and O–H groups in total. The van der Waals surface area contributed by atoms with Crippen molar-refractivity contribution in [3.8, 4) is 0 Å². The van der Waals surface area contributed by atoms with Crippen LogP contribution in [0, 0.1) is 11.8 Å². The Hall–Kier alpha value is -2.90. The van der Waals surface area contributed by atoms with Gasteiger partial charge in [-0.2, -0.15) is 5.10 Å². The van der Waals surface area contributed by atoms with E-state index in [4.69, 9.17) is 17.3 Å². The lowest BCUT2D eigenvalue weighted by molar-refractivity contribution is 0.0293. The molecule has 2 aromatic carbocycles.